The van der Waals surface area contributed by atoms with Gasteiger partial charge < -0.3 is 5.11 Å². The molecule has 1 aromatic rings. The number of aryl methyl sites for hydroxylation is 1. The fourth-order valence-electron chi connectivity index (χ4n) is 1.26. The van der Waals surface area contributed by atoms with Crippen molar-refractivity contribution in [2.24, 2.45) is 0 Å². The van der Waals surface area contributed by atoms with Crippen molar-refractivity contribution in [1.82, 2.24) is 0 Å². The van der Waals surface area contributed by atoms with E-state index in [1.807, 2.05) is 0 Å². The van der Waals surface area contributed by atoms with Crippen LogP contribution in [-0.2, 0) is 0 Å². The van der Waals surface area contributed by atoms with Crippen molar-refractivity contribution in [3.63, 3.8) is 0 Å². The molecule has 0 fully saturated rings. The molecule has 1 aromatic heterocycles. The summed E-state index contributed by atoms with van der Waals surface area (Å²) in [5, 5.41) is 13.9. The summed E-state index contributed by atoms with van der Waals surface area (Å²) in [6, 6.07) is 0. The van der Waals surface area contributed by atoms with E-state index in [0.717, 1.165) is 24.8 Å². The third-order valence-electron chi connectivity index (χ3n) is 2.09. The molecule has 1 N–H and O–H groups in total. The molecule has 0 amide bonds. The van der Waals surface area contributed by atoms with Gasteiger partial charge in [-0.2, -0.15) is 11.3 Å². The molecule has 2 heteroatoms. The molecule has 0 spiro atoms. The second kappa shape index (κ2) is 4.63. The molecule has 12 heavy (non-hydrogen) atoms. The Bertz CT molecular complexity index is 229. The first-order valence-corrected chi connectivity index (χ1v) is 5.40. The minimum absolute atomic E-state index is 0.240. The standard InChI is InChI=1S/C10H16OS/c1-3-4-5-10(11)9-7-12-6-8(9)2/h6-7,10-11H,3-5H2,1-2H3. The van der Waals surface area contributed by atoms with Crippen LogP contribution in [-0.4, -0.2) is 5.11 Å². The molecule has 0 aliphatic rings. The number of hydrogen-bond donors (Lipinski definition) is 1. The van der Waals surface area contributed by atoms with E-state index >= 15 is 0 Å². The van der Waals surface area contributed by atoms with Gasteiger partial charge in [-0.15, -0.1) is 0 Å². The van der Waals surface area contributed by atoms with Gasteiger partial charge in [-0.05, 0) is 35.2 Å². The van der Waals surface area contributed by atoms with Gasteiger partial charge in [0.15, 0.2) is 0 Å². The highest BCUT2D eigenvalue weighted by Gasteiger charge is 2.09. The Morgan fingerprint density at radius 3 is 2.75 bits per heavy atom. The zero-order chi connectivity index (χ0) is 8.97. The lowest BCUT2D eigenvalue weighted by molar-refractivity contribution is 0.164. The predicted molar refractivity (Wildman–Crippen MR) is 53.5 cm³/mol. The van der Waals surface area contributed by atoms with Crippen LogP contribution in [0.3, 0.4) is 0 Å². The van der Waals surface area contributed by atoms with Crippen LogP contribution in [0.4, 0.5) is 0 Å². The summed E-state index contributed by atoms with van der Waals surface area (Å²) in [7, 11) is 0. The molecule has 1 rings (SSSR count). The minimum atomic E-state index is -0.240. The Labute approximate surface area is 78.1 Å². The highest BCUT2D eigenvalue weighted by molar-refractivity contribution is 7.08. The van der Waals surface area contributed by atoms with E-state index < -0.39 is 0 Å². The maximum Gasteiger partial charge on any atom is 0.0800 e. The first-order chi connectivity index (χ1) is 5.75. The van der Waals surface area contributed by atoms with Crippen LogP contribution in [0.5, 0.6) is 0 Å². The molecule has 0 aliphatic carbocycles. The zero-order valence-corrected chi connectivity index (χ0v) is 8.53. The summed E-state index contributed by atoms with van der Waals surface area (Å²) in [6.07, 6.45) is 2.92. The van der Waals surface area contributed by atoms with Crippen LogP contribution in [0.15, 0.2) is 10.8 Å². The number of hydrogen-bond acceptors (Lipinski definition) is 2. The quantitative estimate of drug-likeness (QED) is 0.761. The van der Waals surface area contributed by atoms with E-state index in [9.17, 15) is 5.11 Å². The molecule has 68 valence electrons. The summed E-state index contributed by atoms with van der Waals surface area (Å²) in [6.45, 7) is 4.20. The lowest BCUT2D eigenvalue weighted by atomic mass is 10.0. The van der Waals surface area contributed by atoms with Gasteiger partial charge in [-0.1, -0.05) is 19.8 Å². The fourth-order valence-corrected chi connectivity index (χ4v) is 2.16. The molecule has 0 saturated carbocycles. The lowest BCUT2D eigenvalue weighted by Crippen LogP contribution is -1.96. The Morgan fingerprint density at radius 1 is 1.50 bits per heavy atom. The van der Waals surface area contributed by atoms with E-state index in [4.69, 9.17) is 0 Å². The van der Waals surface area contributed by atoms with Crippen molar-refractivity contribution in [2.75, 3.05) is 0 Å². The zero-order valence-electron chi connectivity index (χ0n) is 7.71. The van der Waals surface area contributed by atoms with Crippen LogP contribution >= 0.6 is 11.3 Å². The molecule has 0 aromatic carbocycles. The smallest absolute Gasteiger partial charge is 0.0800 e. The van der Waals surface area contributed by atoms with Crippen molar-refractivity contribution < 1.29 is 5.11 Å². The normalized spacial score (nSPS) is 13.2. The van der Waals surface area contributed by atoms with E-state index in [2.05, 4.69) is 24.6 Å². The Morgan fingerprint density at radius 2 is 2.25 bits per heavy atom. The first kappa shape index (κ1) is 9.75. The highest BCUT2D eigenvalue weighted by atomic mass is 32.1. The number of aliphatic hydroxyl groups is 1. The van der Waals surface area contributed by atoms with Gasteiger partial charge in [0.1, 0.15) is 0 Å². The SMILES string of the molecule is CCCCC(O)c1cscc1C. The Balaban J connectivity index is 2.52. The number of aliphatic hydroxyl groups excluding tert-OH is 1. The van der Waals surface area contributed by atoms with Gasteiger partial charge in [0.05, 0.1) is 6.10 Å². The lowest BCUT2D eigenvalue weighted by Gasteiger charge is -2.08. The number of thiophene rings is 1. The first-order valence-electron chi connectivity index (χ1n) is 4.46. The van der Waals surface area contributed by atoms with Crippen LogP contribution < -0.4 is 0 Å². The van der Waals surface area contributed by atoms with Gasteiger partial charge in [0.25, 0.3) is 0 Å². The van der Waals surface area contributed by atoms with Crippen LogP contribution in [0.1, 0.15) is 43.4 Å². The molecule has 1 nitrogen and oxygen atoms in total. The van der Waals surface area contributed by atoms with Crippen LogP contribution in [0.2, 0.25) is 0 Å². The Hall–Kier alpha value is -0.340. The van der Waals surface area contributed by atoms with Crippen LogP contribution in [0.25, 0.3) is 0 Å². The van der Waals surface area contributed by atoms with Crippen LogP contribution in [0, 0.1) is 6.92 Å². The van der Waals surface area contributed by atoms with Gasteiger partial charge in [0.2, 0.25) is 0 Å². The monoisotopic (exact) mass is 184 g/mol. The maximum absolute atomic E-state index is 9.73. The molecule has 0 bridgehead atoms. The van der Waals surface area contributed by atoms with E-state index in [1.54, 1.807) is 11.3 Å². The van der Waals surface area contributed by atoms with Crippen molar-refractivity contribution in [2.45, 2.75) is 39.2 Å². The third-order valence-corrected chi connectivity index (χ3v) is 2.96. The molecule has 1 atom stereocenters. The number of unbranched alkanes of at least 4 members (excludes halogenated alkanes) is 1. The Kier molecular flexibility index (Phi) is 3.76. The van der Waals surface area contributed by atoms with Crippen molar-refractivity contribution >= 4 is 11.3 Å². The van der Waals surface area contributed by atoms with Gasteiger partial charge in [-0.25, -0.2) is 0 Å². The fraction of sp³-hybridized carbons (Fsp3) is 0.600. The van der Waals surface area contributed by atoms with Crippen molar-refractivity contribution in [1.29, 1.82) is 0 Å². The van der Waals surface area contributed by atoms with Gasteiger partial charge >= 0.3 is 0 Å². The average Bonchev–Trinajstić information content (AvgIpc) is 2.47. The summed E-state index contributed by atoms with van der Waals surface area (Å²) >= 11 is 1.67. The molecule has 1 unspecified atom stereocenters. The predicted octanol–water partition coefficient (Wildman–Crippen LogP) is 3.28. The second-order valence-electron chi connectivity index (χ2n) is 3.17. The van der Waals surface area contributed by atoms with E-state index in [-0.39, 0.29) is 6.10 Å². The van der Waals surface area contributed by atoms with Gasteiger partial charge in [0, 0.05) is 0 Å². The molecule has 0 aliphatic heterocycles. The highest BCUT2D eigenvalue weighted by Crippen LogP contribution is 2.25. The summed E-state index contributed by atoms with van der Waals surface area (Å²) in [4.78, 5) is 0. The average molecular weight is 184 g/mol. The molecule has 0 radical (unpaired) electrons. The molecule has 1 heterocycles. The summed E-state index contributed by atoms with van der Waals surface area (Å²) in [5.74, 6) is 0. The largest absolute Gasteiger partial charge is 0.388 e. The molecule has 0 saturated heterocycles. The number of rotatable bonds is 4. The minimum Gasteiger partial charge on any atom is -0.388 e. The van der Waals surface area contributed by atoms with Crippen molar-refractivity contribution in [3.05, 3.63) is 21.9 Å². The molecular formula is C10H16OS. The van der Waals surface area contributed by atoms with Gasteiger partial charge in [-0.3, -0.25) is 0 Å². The topological polar surface area (TPSA) is 20.2 Å². The summed E-state index contributed by atoms with van der Waals surface area (Å²) in [5.41, 5.74) is 2.34. The summed E-state index contributed by atoms with van der Waals surface area (Å²) < 4.78 is 0. The second-order valence-corrected chi connectivity index (χ2v) is 3.91. The van der Waals surface area contributed by atoms with E-state index in [0.29, 0.717) is 0 Å². The molecular weight excluding hydrogens is 168 g/mol. The third kappa shape index (κ3) is 2.32. The van der Waals surface area contributed by atoms with E-state index in [1.165, 1.54) is 5.56 Å². The maximum atomic E-state index is 9.73. The van der Waals surface area contributed by atoms with Crippen molar-refractivity contribution in [3.8, 4) is 0 Å².